The largest absolute Gasteiger partial charge is 0.309 e. The van der Waals surface area contributed by atoms with E-state index in [0.29, 0.717) is 0 Å². The highest BCUT2D eigenvalue weighted by atomic mass is 15.0. The molecule has 214 valence electrons. The monoisotopic (exact) mass is 576 g/mol. The Hall–Kier alpha value is -5.86. The molecule has 2 aromatic heterocycles. The molecule has 0 bridgehead atoms. The van der Waals surface area contributed by atoms with E-state index in [1.807, 2.05) is 0 Å². The van der Waals surface area contributed by atoms with Gasteiger partial charge in [-0.05, 0) is 77.7 Å². The number of hydrogen-bond donors (Lipinski definition) is 0. The molecule has 0 fully saturated rings. The highest BCUT2D eigenvalue weighted by molar-refractivity contribution is 6.19. The molecule has 2 nitrogen and oxygen atoms in total. The Balaban J connectivity index is 1.53. The second-order valence-electron chi connectivity index (χ2n) is 11.5. The zero-order valence-corrected chi connectivity index (χ0v) is 25.2. The van der Waals surface area contributed by atoms with E-state index in [1.165, 1.54) is 44.1 Å². The summed E-state index contributed by atoms with van der Waals surface area (Å²) < 4.78 is 4.74. The van der Waals surface area contributed by atoms with E-state index >= 15 is 0 Å². The highest BCUT2D eigenvalue weighted by Crippen LogP contribution is 2.39. The van der Waals surface area contributed by atoms with Crippen molar-refractivity contribution in [3.63, 3.8) is 0 Å². The van der Waals surface area contributed by atoms with Crippen LogP contribution < -0.4 is 10.6 Å². The third-order valence-corrected chi connectivity index (χ3v) is 8.93. The van der Waals surface area contributed by atoms with E-state index in [4.69, 9.17) is 0 Å². The van der Waals surface area contributed by atoms with Gasteiger partial charge in [0, 0.05) is 32.8 Å². The molecular formula is C43H32N2. The van der Waals surface area contributed by atoms with Crippen LogP contribution in [-0.4, -0.2) is 9.13 Å². The molecule has 0 atom stereocenters. The molecule has 2 heteroatoms. The van der Waals surface area contributed by atoms with E-state index in [2.05, 4.69) is 186 Å². The van der Waals surface area contributed by atoms with Crippen molar-refractivity contribution < 1.29 is 0 Å². The minimum absolute atomic E-state index is 1.02. The molecule has 6 aromatic carbocycles. The van der Waals surface area contributed by atoms with Crippen LogP contribution >= 0.6 is 0 Å². The van der Waals surface area contributed by atoms with Crippen LogP contribution in [0.1, 0.15) is 18.1 Å². The van der Waals surface area contributed by atoms with Gasteiger partial charge in [0.05, 0.1) is 21.9 Å². The zero-order chi connectivity index (χ0) is 30.3. The molecule has 0 aliphatic rings. The van der Waals surface area contributed by atoms with E-state index in [-0.39, 0.29) is 0 Å². The first kappa shape index (κ1) is 26.7. The Bertz CT molecular complexity index is 2480. The molecule has 0 spiro atoms. The van der Waals surface area contributed by atoms with Crippen molar-refractivity contribution in [2.24, 2.45) is 0 Å². The van der Waals surface area contributed by atoms with Crippen molar-refractivity contribution >= 4 is 56.5 Å². The average molecular weight is 577 g/mol. The summed E-state index contributed by atoms with van der Waals surface area (Å²) in [7, 11) is 0. The van der Waals surface area contributed by atoms with Gasteiger partial charge in [0.25, 0.3) is 0 Å². The van der Waals surface area contributed by atoms with Gasteiger partial charge in [0.1, 0.15) is 0 Å². The van der Waals surface area contributed by atoms with Crippen LogP contribution in [0.2, 0.25) is 0 Å². The second-order valence-corrected chi connectivity index (χ2v) is 11.5. The van der Waals surface area contributed by atoms with Crippen LogP contribution in [0, 0.1) is 0 Å². The van der Waals surface area contributed by atoms with Crippen molar-refractivity contribution in [2.45, 2.75) is 6.92 Å². The van der Waals surface area contributed by atoms with Crippen LogP contribution in [0.5, 0.6) is 0 Å². The number of allylic oxidation sites excluding steroid dienone is 2. The first-order chi connectivity index (χ1) is 22.2. The maximum Gasteiger partial charge on any atom is 0.0547 e. The molecule has 0 unspecified atom stereocenters. The summed E-state index contributed by atoms with van der Waals surface area (Å²) in [6, 6.07) is 56.0. The Labute approximate surface area is 262 Å². The normalized spacial score (nSPS) is 12.7. The summed E-state index contributed by atoms with van der Waals surface area (Å²) in [5.41, 5.74) is 10.6. The summed E-state index contributed by atoms with van der Waals surface area (Å²) in [5, 5.41) is 5.73. The van der Waals surface area contributed by atoms with E-state index in [9.17, 15) is 0 Å². The van der Waals surface area contributed by atoms with Crippen LogP contribution in [0.25, 0.3) is 67.9 Å². The summed E-state index contributed by atoms with van der Waals surface area (Å²) in [6.07, 6.45) is 2.36. The molecule has 0 saturated heterocycles. The Morgan fingerprint density at radius 2 is 1.02 bits per heavy atom. The average Bonchev–Trinajstić information content (AvgIpc) is 3.60. The maximum absolute atomic E-state index is 4.65. The summed E-state index contributed by atoms with van der Waals surface area (Å²) >= 11 is 0. The fourth-order valence-corrected chi connectivity index (χ4v) is 6.80. The highest BCUT2D eigenvalue weighted by Gasteiger charge is 2.18. The molecule has 45 heavy (non-hydrogen) atoms. The van der Waals surface area contributed by atoms with Crippen molar-refractivity contribution in [3.8, 4) is 11.4 Å². The smallest absolute Gasteiger partial charge is 0.0547 e. The molecule has 0 amide bonds. The van der Waals surface area contributed by atoms with Crippen LogP contribution in [0.3, 0.4) is 0 Å². The quantitative estimate of drug-likeness (QED) is 0.181. The topological polar surface area (TPSA) is 9.86 Å². The van der Waals surface area contributed by atoms with Gasteiger partial charge in [-0.15, -0.1) is 0 Å². The molecule has 0 aliphatic carbocycles. The molecule has 2 heterocycles. The van der Waals surface area contributed by atoms with Gasteiger partial charge in [-0.25, -0.2) is 0 Å². The standard InChI is InChI=1S/C43H32N2/c1-30(32-17-6-3-7-18-32)38(29-42-31(2)35-23-12-14-26-39(35)45(42)34-21-10-5-11-22-34)36-25-16-28-41-43(36)37-24-13-15-27-40(37)44(41)33-19-8-4-9-20-33/h3-29H,2H2,1H3/b38-30-,42-29+. The predicted octanol–water partition coefficient (Wildman–Crippen LogP) is 9.55. The van der Waals surface area contributed by atoms with Gasteiger partial charge in [0.2, 0.25) is 0 Å². The van der Waals surface area contributed by atoms with E-state index in [1.54, 1.807) is 0 Å². The molecule has 0 N–H and O–H groups in total. The lowest BCUT2D eigenvalue weighted by Crippen LogP contribution is -2.27. The lowest BCUT2D eigenvalue weighted by Gasteiger charge is -2.14. The third-order valence-electron chi connectivity index (χ3n) is 8.93. The van der Waals surface area contributed by atoms with Crippen molar-refractivity contribution in [1.82, 2.24) is 9.13 Å². The Morgan fingerprint density at radius 1 is 0.511 bits per heavy atom. The Morgan fingerprint density at radius 3 is 1.69 bits per heavy atom. The molecular weight excluding hydrogens is 544 g/mol. The number of fused-ring (bicyclic) bond motifs is 4. The minimum Gasteiger partial charge on any atom is -0.309 e. The SMILES string of the molecule is C=c1/c(=C\C(=C(/C)c2ccccc2)c2cccc3c2c2ccccc2n3-c2ccccc2)n(-c2ccccc2)c2ccccc12. The first-order valence-electron chi connectivity index (χ1n) is 15.4. The lowest BCUT2D eigenvalue weighted by atomic mass is 9.92. The summed E-state index contributed by atoms with van der Waals surface area (Å²) in [6.45, 7) is 6.90. The number of nitrogens with zero attached hydrogens (tertiary/aromatic N) is 2. The number of para-hydroxylation sites is 4. The number of rotatable bonds is 5. The minimum atomic E-state index is 1.02. The Kier molecular flexibility index (Phi) is 6.54. The fraction of sp³-hybridized carbons (Fsp3) is 0.0233. The summed E-state index contributed by atoms with van der Waals surface area (Å²) in [5.74, 6) is 0. The molecule has 0 saturated carbocycles. The van der Waals surface area contributed by atoms with Crippen LogP contribution in [0.4, 0.5) is 0 Å². The number of aromatic nitrogens is 2. The van der Waals surface area contributed by atoms with Crippen molar-refractivity contribution in [1.29, 1.82) is 0 Å². The van der Waals surface area contributed by atoms with Crippen molar-refractivity contribution in [2.75, 3.05) is 0 Å². The van der Waals surface area contributed by atoms with Gasteiger partial charge >= 0.3 is 0 Å². The number of benzene rings is 6. The third kappa shape index (κ3) is 4.42. The second kappa shape index (κ2) is 11.0. The number of hydrogen-bond acceptors (Lipinski definition) is 0. The predicted molar refractivity (Wildman–Crippen MR) is 192 cm³/mol. The zero-order valence-electron chi connectivity index (χ0n) is 25.2. The van der Waals surface area contributed by atoms with Gasteiger partial charge in [-0.1, -0.05) is 122 Å². The molecule has 8 aromatic rings. The van der Waals surface area contributed by atoms with E-state index < -0.39 is 0 Å². The van der Waals surface area contributed by atoms with Gasteiger partial charge in [-0.3, -0.25) is 0 Å². The summed E-state index contributed by atoms with van der Waals surface area (Å²) in [4.78, 5) is 0. The van der Waals surface area contributed by atoms with Gasteiger partial charge in [-0.2, -0.15) is 0 Å². The lowest BCUT2D eigenvalue weighted by molar-refractivity contribution is 1.07. The van der Waals surface area contributed by atoms with Crippen LogP contribution in [-0.2, 0) is 0 Å². The first-order valence-corrected chi connectivity index (χ1v) is 15.4. The molecule has 0 radical (unpaired) electrons. The van der Waals surface area contributed by atoms with E-state index in [0.717, 1.165) is 32.8 Å². The maximum atomic E-state index is 4.65. The van der Waals surface area contributed by atoms with Crippen molar-refractivity contribution in [3.05, 3.63) is 179 Å². The van der Waals surface area contributed by atoms with Gasteiger partial charge in [0.15, 0.2) is 0 Å². The van der Waals surface area contributed by atoms with Gasteiger partial charge < -0.3 is 9.13 Å². The molecule has 8 rings (SSSR count). The fourth-order valence-electron chi connectivity index (χ4n) is 6.80. The van der Waals surface area contributed by atoms with Crippen LogP contribution in [0.15, 0.2) is 158 Å². The molecule has 0 aliphatic heterocycles.